The zero-order valence-electron chi connectivity index (χ0n) is 15.7. The molecule has 9 heteroatoms. The number of alkyl halides is 3. The van der Waals surface area contributed by atoms with E-state index in [4.69, 9.17) is 0 Å². The molecule has 1 aromatic carbocycles. The Morgan fingerprint density at radius 3 is 2.29 bits per heavy atom. The average molecular weight is 392 g/mol. The molecule has 150 valence electrons. The molecule has 2 heterocycles. The third-order valence-corrected chi connectivity index (χ3v) is 4.44. The molecule has 0 radical (unpaired) electrons. The van der Waals surface area contributed by atoms with Crippen molar-refractivity contribution in [2.45, 2.75) is 19.6 Å². The van der Waals surface area contributed by atoms with Gasteiger partial charge in [-0.15, -0.1) is 0 Å². The smallest absolute Gasteiger partial charge is 0.357 e. The standard InChI is InChI=1S/C19H23F3N6/c1-2-23-17(26-14-15-4-6-16(7-5-15)19(20,21)22)27-10-12-28(13-11-27)18-24-8-3-9-25-18/h3-9H,2,10-14H2,1H3,(H,23,26). The van der Waals surface area contributed by atoms with Gasteiger partial charge in [0.15, 0.2) is 5.96 Å². The Morgan fingerprint density at radius 1 is 1.07 bits per heavy atom. The molecule has 1 aliphatic rings. The number of piperazine rings is 1. The van der Waals surface area contributed by atoms with Crippen molar-refractivity contribution >= 4 is 11.9 Å². The summed E-state index contributed by atoms with van der Waals surface area (Å²) < 4.78 is 38.0. The normalized spacial score (nSPS) is 15.6. The SMILES string of the molecule is CCNC(=NCc1ccc(C(F)(F)F)cc1)N1CCN(c2ncccn2)CC1. The molecule has 1 aliphatic heterocycles. The molecule has 0 spiro atoms. The summed E-state index contributed by atoms with van der Waals surface area (Å²) >= 11 is 0. The van der Waals surface area contributed by atoms with Crippen LogP contribution in [-0.4, -0.2) is 53.6 Å². The van der Waals surface area contributed by atoms with Gasteiger partial charge in [-0.3, -0.25) is 0 Å². The lowest BCUT2D eigenvalue weighted by Crippen LogP contribution is -2.52. The van der Waals surface area contributed by atoms with Crippen LogP contribution < -0.4 is 10.2 Å². The van der Waals surface area contributed by atoms with E-state index in [0.29, 0.717) is 19.0 Å². The summed E-state index contributed by atoms with van der Waals surface area (Å²) in [4.78, 5) is 17.4. The molecule has 0 aliphatic carbocycles. The van der Waals surface area contributed by atoms with Crippen LogP contribution in [0.2, 0.25) is 0 Å². The fourth-order valence-electron chi connectivity index (χ4n) is 2.96. The molecule has 28 heavy (non-hydrogen) atoms. The molecule has 0 amide bonds. The van der Waals surface area contributed by atoms with Crippen molar-refractivity contribution in [2.75, 3.05) is 37.6 Å². The fraction of sp³-hybridized carbons (Fsp3) is 0.421. The van der Waals surface area contributed by atoms with Gasteiger partial charge >= 0.3 is 6.18 Å². The maximum Gasteiger partial charge on any atom is 0.416 e. The molecular formula is C19H23F3N6. The summed E-state index contributed by atoms with van der Waals surface area (Å²) in [5.41, 5.74) is 0.0890. The van der Waals surface area contributed by atoms with Gasteiger partial charge in [0.25, 0.3) is 0 Å². The minimum Gasteiger partial charge on any atom is -0.357 e. The van der Waals surface area contributed by atoms with Gasteiger partial charge < -0.3 is 15.1 Å². The Morgan fingerprint density at radius 2 is 1.71 bits per heavy atom. The number of benzene rings is 1. The topological polar surface area (TPSA) is 56.7 Å². The van der Waals surface area contributed by atoms with E-state index in [9.17, 15) is 13.2 Å². The van der Waals surface area contributed by atoms with Crippen LogP contribution in [0.1, 0.15) is 18.1 Å². The second-order valence-electron chi connectivity index (χ2n) is 6.39. The molecular weight excluding hydrogens is 369 g/mol. The van der Waals surface area contributed by atoms with E-state index in [-0.39, 0.29) is 0 Å². The van der Waals surface area contributed by atoms with E-state index in [0.717, 1.165) is 49.8 Å². The quantitative estimate of drug-likeness (QED) is 0.641. The van der Waals surface area contributed by atoms with Crippen molar-refractivity contribution in [3.8, 4) is 0 Å². The lowest BCUT2D eigenvalue weighted by Gasteiger charge is -2.36. The predicted molar refractivity (Wildman–Crippen MR) is 102 cm³/mol. The molecule has 0 unspecified atom stereocenters. The summed E-state index contributed by atoms with van der Waals surface area (Å²) in [7, 11) is 0. The van der Waals surface area contributed by atoms with Crippen molar-refractivity contribution in [1.82, 2.24) is 20.2 Å². The number of aromatic nitrogens is 2. The van der Waals surface area contributed by atoms with E-state index in [1.165, 1.54) is 12.1 Å². The van der Waals surface area contributed by atoms with Gasteiger partial charge in [0.1, 0.15) is 0 Å². The Hall–Kier alpha value is -2.84. The first-order valence-electron chi connectivity index (χ1n) is 9.18. The van der Waals surface area contributed by atoms with E-state index in [1.54, 1.807) is 18.5 Å². The number of nitrogens with one attached hydrogen (secondary N) is 1. The largest absolute Gasteiger partial charge is 0.416 e. The monoisotopic (exact) mass is 392 g/mol. The molecule has 1 saturated heterocycles. The number of anilines is 1. The van der Waals surface area contributed by atoms with E-state index in [2.05, 4.69) is 30.1 Å². The molecule has 3 rings (SSSR count). The Labute approximate surface area is 162 Å². The fourth-order valence-corrected chi connectivity index (χ4v) is 2.96. The van der Waals surface area contributed by atoms with Crippen LogP contribution in [0.5, 0.6) is 0 Å². The second-order valence-corrected chi connectivity index (χ2v) is 6.39. The molecule has 1 fully saturated rings. The van der Waals surface area contributed by atoms with E-state index < -0.39 is 11.7 Å². The van der Waals surface area contributed by atoms with Gasteiger partial charge in [0.05, 0.1) is 12.1 Å². The van der Waals surface area contributed by atoms with Gasteiger partial charge in [0.2, 0.25) is 5.95 Å². The Bertz CT molecular complexity index is 769. The van der Waals surface area contributed by atoms with E-state index in [1.807, 2.05) is 6.92 Å². The third-order valence-electron chi connectivity index (χ3n) is 4.44. The highest BCUT2D eigenvalue weighted by molar-refractivity contribution is 5.80. The van der Waals surface area contributed by atoms with Gasteiger partial charge in [-0.2, -0.15) is 13.2 Å². The van der Waals surface area contributed by atoms with Crippen LogP contribution in [0, 0.1) is 0 Å². The highest BCUT2D eigenvalue weighted by Crippen LogP contribution is 2.29. The van der Waals surface area contributed by atoms with Crippen LogP contribution in [0.4, 0.5) is 19.1 Å². The minimum absolute atomic E-state index is 0.322. The van der Waals surface area contributed by atoms with Crippen LogP contribution in [0.3, 0.4) is 0 Å². The maximum absolute atomic E-state index is 12.7. The molecule has 6 nitrogen and oxygen atoms in total. The van der Waals surface area contributed by atoms with Crippen LogP contribution in [0.25, 0.3) is 0 Å². The Balaban J connectivity index is 1.62. The van der Waals surface area contributed by atoms with Crippen molar-refractivity contribution < 1.29 is 13.2 Å². The minimum atomic E-state index is -4.32. The van der Waals surface area contributed by atoms with Crippen LogP contribution in [0.15, 0.2) is 47.7 Å². The van der Waals surface area contributed by atoms with Crippen molar-refractivity contribution in [1.29, 1.82) is 0 Å². The first kappa shape index (κ1) is 19.9. The van der Waals surface area contributed by atoms with Crippen molar-refractivity contribution in [3.63, 3.8) is 0 Å². The maximum atomic E-state index is 12.7. The zero-order chi connectivity index (χ0) is 20.0. The van der Waals surface area contributed by atoms with Crippen molar-refractivity contribution in [3.05, 3.63) is 53.9 Å². The van der Waals surface area contributed by atoms with Gasteiger partial charge in [-0.05, 0) is 30.7 Å². The number of aliphatic imine (C=N–C) groups is 1. The number of guanidine groups is 1. The first-order valence-corrected chi connectivity index (χ1v) is 9.18. The molecule has 1 N–H and O–H groups in total. The Kier molecular flexibility index (Phi) is 6.33. The molecule has 0 atom stereocenters. The number of hydrogen-bond acceptors (Lipinski definition) is 4. The summed E-state index contributed by atoms with van der Waals surface area (Å²) in [5.74, 6) is 1.48. The summed E-state index contributed by atoms with van der Waals surface area (Å²) in [6, 6.07) is 6.92. The summed E-state index contributed by atoms with van der Waals surface area (Å²) in [6.07, 6.45) is -0.868. The van der Waals surface area contributed by atoms with Crippen LogP contribution in [-0.2, 0) is 12.7 Å². The molecule has 1 aromatic heterocycles. The van der Waals surface area contributed by atoms with Gasteiger partial charge in [-0.1, -0.05) is 12.1 Å². The molecule has 2 aromatic rings. The number of rotatable bonds is 4. The highest BCUT2D eigenvalue weighted by Gasteiger charge is 2.29. The molecule has 0 saturated carbocycles. The lowest BCUT2D eigenvalue weighted by molar-refractivity contribution is -0.137. The van der Waals surface area contributed by atoms with Crippen molar-refractivity contribution in [2.24, 2.45) is 4.99 Å². The molecule has 0 bridgehead atoms. The zero-order valence-corrected chi connectivity index (χ0v) is 15.7. The average Bonchev–Trinajstić information content (AvgIpc) is 2.71. The first-order chi connectivity index (χ1) is 13.5. The van der Waals surface area contributed by atoms with Gasteiger partial charge in [-0.25, -0.2) is 15.0 Å². The summed E-state index contributed by atoms with van der Waals surface area (Å²) in [6.45, 7) is 6.09. The highest BCUT2D eigenvalue weighted by atomic mass is 19.4. The van der Waals surface area contributed by atoms with Gasteiger partial charge in [0, 0.05) is 45.1 Å². The number of halogens is 3. The number of hydrogen-bond donors (Lipinski definition) is 1. The predicted octanol–water partition coefficient (Wildman–Crippen LogP) is 2.78. The second kappa shape index (κ2) is 8.90. The third kappa shape index (κ3) is 5.11. The van der Waals surface area contributed by atoms with E-state index >= 15 is 0 Å². The number of nitrogens with zero attached hydrogens (tertiary/aromatic N) is 5. The summed E-state index contributed by atoms with van der Waals surface area (Å²) in [5, 5.41) is 3.26. The van der Waals surface area contributed by atoms with Crippen LogP contribution >= 0.6 is 0 Å². The lowest BCUT2D eigenvalue weighted by atomic mass is 10.1.